The first-order chi connectivity index (χ1) is 14.1. The molecule has 4 aromatic rings. The number of amides is 1. The number of nitrogens with one attached hydrogen (secondary N) is 2. The van der Waals surface area contributed by atoms with Crippen LogP contribution in [-0.4, -0.2) is 16.1 Å². The van der Waals surface area contributed by atoms with E-state index in [0.29, 0.717) is 0 Å². The van der Waals surface area contributed by atoms with Crippen LogP contribution in [0.1, 0.15) is 29.3 Å². The fourth-order valence-electron chi connectivity index (χ4n) is 3.25. The van der Waals surface area contributed by atoms with Crippen molar-refractivity contribution in [3.05, 3.63) is 102 Å². The van der Waals surface area contributed by atoms with E-state index in [-0.39, 0.29) is 5.91 Å². The Bertz CT molecular complexity index is 1220. The van der Waals surface area contributed by atoms with Crippen molar-refractivity contribution in [2.75, 3.05) is 5.32 Å². The second-order valence-corrected chi connectivity index (χ2v) is 6.85. The topological polar surface area (TPSA) is 57.8 Å². The van der Waals surface area contributed by atoms with Crippen molar-refractivity contribution in [3.8, 4) is 0 Å². The smallest absolute Gasteiger partial charge is 0.221 e. The number of carbonyl (C=O) groups is 1. The molecule has 0 aliphatic heterocycles. The number of aromatic nitrogens is 2. The Morgan fingerprint density at radius 3 is 2.55 bits per heavy atom. The summed E-state index contributed by atoms with van der Waals surface area (Å²) in [5.74, 6) is -0.0947. The molecule has 0 aliphatic carbocycles. The number of anilines is 1. The first kappa shape index (κ1) is 18.4. The number of hydrogen-bond acceptors (Lipinski definition) is 2. The molecule has 0 bridgehead atoms. The lowest BCUT2D eigenvalue weighted by Crippen LogP contribution is -2.05. The SMILES string of the molecule is C=C(c1cccc(NC(C)=O)c1)c1ccc2c(C=Cc3ccccc3)n[nH]c2c1. The lowest BCUT2D eigenvalue weighted by molar-refractivity contribution is -0.114. The average Bonchev–Trinajstić information content (AvgIpc) is 3.14. The highest BCUT2D eigenvalue weighted by molar-refractivity contribution is 5.93. The van der Waals surface area contributed by atoms with E-state index in [1.807, 2.05) is 54.6 Å². The largest absolute Gasteiger partial charge is 0.326 e. The van der Waals surface area contributed by atoms with Gasteiger partial charge in [-0.3, -0.25) is 9.89 Å². The summed E-state index contributed by atoms with van der Waals surface area (Å²) in [5.41, 5.74) is 6.58. The number of benzene rings is 3. The molecule has 0 radical (unpaired) electrons. The summed E-state index contributed by atoms with van der Waals surface area (Å²) in [6.45, 7) is 5.74. The van der Waals surface area contributed by atoms with Gasteiger partial charge in [-0.25, -0.2) is 0 Å². The molecule has 0 unspecified atom stereocenters. The van der Waals surface area contributed by atoms with Crippen LogP contribution in [-0.2, 0) is 4.79 Å². The minimum absolute atomic E-state index is 0.0947. The number of nitrogens with zero attached hydrogens (tertiary/aromatic N) is 1. The standard InChI is InChI=1S/C25H21N3O/c1-17(20-9-6-10-22(15-20)26-18(2)29)21-12-13-23-24(27-28-25(23)16-21)14-11-19-7-4-3-5-8-19/h3-16H,1H2,2H3,(H,26,29)(H,27,28). The van der Waals surface area contributed by atoms with Gasteiger partial charge in [-0.05, 0) is 52.6 Å². The summed E-state index contributed by atoms with van der Waals surface area (Å²) in [4.78, 5) is 11.3. The Morgan fingerprint density at radius 2 is 1.76 bits per heavy atom. The number of fused-ring (bicyclic) bond motifs is 1. The summed E-state index contributed by atoms with van der Waals surface area (Å²) in [6, 6.07) is 24.0. The summed E-state index contributed by atoms with van der Waals surface area (Å²) in [6.07, 6.45) is 4.07. The Labute approximate surface area is 169 Å². The van der Waals surface area contributed by atoms with Crippen LogP contribution < -0.4 is 5.32 Å². The van der Waals surface area contributed by atoms with Crippen LogP contribution >= 0.6 is 0 Å². The number of H-pyrrole nitrogens is 1. The second kappa shape index (κ2) is 7.98. The lowest BCUT2D eigenvalue weighted by Gasteiger charge is -2.09. The number of hydrogen-bond donors (Lipinski definition) is 2. The molecule has 0 fully saturated rings. The van der Waals surface area contributed by atoms with E-state index >= 15 is 0 Å². The molecule has 0 aliphatic rings. The van der Waals surface area contributed by atoms with Gasteiger partial charge in [0.25, 0.3) is 0 Å². The van der Waals surface area contributed by atoms with E-state index < -0.39 is 0 Å². The molecule has 0 saturated carbocycles. The molecule has 0 atom stereocenters. The van der Waals surface area contributed by atoms with Gasteiger partial charge < -0.3 is 5.32 Å². The normalized spacial score (nSPS) is 11.1. The Hall–Kier alpha value is -3.92. The molecule has 0 saturated heterocycles. The molecule has 29 heavy (non-hydrogen) atoms. The van der Waals surface area contributed by atoms with Crippen LogP contribution in [0, 0.1) is 0 Å². The molecular weight excluding hydrogens is 358 g/mol. The number of carbonyl (C=O) groups excluding carboxylic acids is 1. The van der Waals surface area contributed by atoms with E-state index in [0.717, 1.165) is 44.5 Å². The first-order valence-electron chi connectivity index (χ1n) is 9.39. The van der Waals surface area contributed by atoms with E-state index in [1.54, 1.807) is 0 Å². The predicted molar refractivity (Wildman–Crippen MR) is 120 cm³/mol. The molecule has 142 valence electrons. The van der Waals surface area contributed by atoms with Crippen molar-refractivity contribution in [2.24, 2.45) is 0 Å². The number of aromatic amines is 1. The van der Waals surface area contributed by atoms with E-state index in [9.17, 15) is 4.79 Å². The third-order valence-electron chi connectivity index (χ3n) is 4.71. The van der Waals surface area contributed by atoms with E-state index in [4.69, 9.17) is 0 Å². The van der Waals surface area contributed by atoms with Crippen molar-refractivity contribution in [1.82, 2.24) is 10.2 Å². The molecule has 4 nitrogen and oxygen atoms in total. The van der Waals surface area contributed by atoms with Crippen LogP contribution in [0.4, 0.5) is 5.69 Å². The van der Waals surface area contributed by atoms with Crippen molar-refractivity contribution in [1.29, 1.82) is 0 Å². The van der Waals surface area contributed by atoms with Gasteiger partial charge in [-0.1, -0.05) is 61.2 Å². The molecular formula is C25H21N3O. The number of rotatable bonds is 5. The Kier molecular flexibility index (Phi) is 5.08. The summed E-state index contributed by atoms with van der Waals surface area (Å²) in [5, 5.41) is 11.4. The van der Waals surface area contributed by atoms with Gasteiger partial charge in [0.2, 0.25) is 5.91 Å². The third kappa shape index (κ3) is 4.17. The summed E-state index contributed by atoms with van der Waals surface area (Å²) in [7, 11) is 0. The zero-order chi connectivity index (χ0) is 20.2. The van der Waals surface area contributed by atoms with Crippen LogP contribution in [0.2, 0.25) is 0 Å². The maximum absolute atomic E-state index is 11.3. The van der Waals surface area contributed by atoms with Crippen molar-refractivity contribution >= 4 is 40.2 Å². The van der Waals surface area contributed by atoms with Gasteiger partial charge in [0.15, 0.2) is 0 Å². The minimum atomic E-state index is -0.0947. The van der Waals surface area contributed by atoms with Crippen LogP contribution in [0.5, 0.6) is 0 Å². The lowest BCUT2D eigenvalue weighted by atomic mass is 9.98. The molecule has 1 aromatic heterocycles. The monoisotopic (exact) mass is 379 g/mol. The summed E-state index contributed by atoms with van der Waals surface area (Å²) >= 11 is 0. The minimum Gasteiger partial charge on any atom is -0.326 e. The maximum atomic E-state index is 11.3. The Morgan fingerprint density at radius 1 is 0.966 bits per heavy atom. The predicted octanol–water partition coefficient (Wildman–Crippen LogP) is 5.75. The van der Waals surface area contributed by atoms with E-state index in [2.05, 4.69) is 52.4 Å². The van der Waals surface area contributed by atoms with Crippen molar-refractivity contribution in [2.45, 2.75) is 6.92 Å². The molecule has 1 amide bonds. The van der Waals surface area contributed by atoms with Gasteiger partial charge in [0.05, 0.1) is 11.2 Å². The fourth-order valence-corrected chi connectivity index (χ4v) is 3.25. The van der Waals surface area contributed by atoms with Gasteiger partial charge >= 0.3 is 0 Å². The first-order valence-corrected chi connectivity index (χ1v) is 9.39. The highest BCUT2D eigenvalue weighted by Crippen LogP contribution is 2.27. The van der Waals surface area contributed by atoms with E-state index in [1.165, 1.54) is 6.92 Å². The molecule has 1 heterocycles. The van der Waals surface area contributed by atoms with Crippen molar-refractivity contribution in [3.63, 3.8) is 0 Å². The molecule has 2 N–H and O–H groups in total. The van der Waals surface area contributed by atoms with Gasteiger partial charge in [0.1, 0.15) is 0 Å². The molecule has 3 aromatic carbocycles. The van der Waals surface area contributed by atoms with Gasteiger partial charge in [0, 0.05) is 18.0 Å². The highest BCUT2D eigenvalue weighted by atomic mass is 16.1. The quantitative estimate of drug-likeness (QED) is 0.464. The summed E-state index contributed by atoms with van der Waals surface area (Å²) < 4.78 is 0. The molecule has 4 heteroatoms. The van der Waals surface area contributed by atoms with Gasteiger partial charge in [-0.2, -0.15) is 5.10 Å². The Balaban J connectivity index is 1.61. The fraction of sp³-hybridized carbons (Fsp3) is 0.0400. The average molecular weight is 379 g/mol. The molecule has 4 rings (SSSR count). The highest BCUT2D eigenvalue weighted by Gasteiger charge is 2.08. The zero-order valence-corrected chi connectivity index (χ0v) is 16.1. The van der Waals surface area contributed by atoms with Crippen LogP contribution in [0.15, 0.2) is 79.4 Å². The zero-order valence-electron chi connectivity index (χ0n) is 16.1. The molecule has 0 spiro atoms. The van der Waals surface area contributed by atoms with Crippen molar-refractivity contribution < 1.29 is 4.79 Å². The van der Waals surface area contributed by atoms with Gasteiger partial charge in [-0.15, -0.1) is 0 Å². The van der Waals surface area contributed by atoms with Crippen LogP contribution in [0.3, 0.4) is 0 Å². The third-order valence-corrected chi connectivity index (χ3v) is 4.71. The maximum Gasteiger partial charge on any atom is 0.221 e. The van der Waals surface area contributed by atoms with Crippen LogP contribution in [0.25, 0.3) is 28.6 Å². The second-order valence-electron chi connectivity index (χ2n) is 6.85.